The summed E-state index contributed by atoms with van der Waals surface area (Å²) < 4.78 is 0. The second-order valence-corrected chi connectivity index (χ2v) is 5.87. The number of hydrogen-bond acceptors (Lipinski definition) is 5. The van der Waals surface area contributed by atoms with Gasteiger partial charge in [0.25, 0.3) is 5.91 Å². The normalized spacial score (nSPS) is 16.9. The third-order valence-corrected chi connectivity index (χ3v) is 4.32. The smallest absolute Gasteiger partial charge is 0.320 e. The molecule has 1 aromatic rings. The first-order valence-electron chi connectivity index (χ1n) is 7.08. The lowest BCUT2D eigenvalue weighted by Gasteiger charge is -2.31. The molecule has 124 valence electrons. The Kier molecular flexibility index (Phi) is 7.05. The highest BCUT2D eigenvalue weighted by atomic mass is 35.5. The van der Waals surface area contributed by atoms with Crippen LogP contribution in [-0.2, 0) is 4.79 Å². The van der Waals surface area contributed by atoms with Crippen molar-refractivity contribution in [3.63, 3.8) is 0 Å². The lowest BCUT2D eigenvalue weighted by atomic mass is 9.99. The average Bonchev–Trinajstić information content (AvgIpc) is 3.15. The summed E-state index contributed by atoms with van der Waals surface area (Å²) in [6.45, 7) is 4.97. The molecule has 2 rings (SSSR count). The van der Waals surface area contributed by atoms with Gasteiger partial charge in [0.1, 0.15) is 5.82 Å². The molecule has 1 fully saturated rings. The van der Waals surface area contributed by atoms with E-state index in [1.807, 2.05) is 13.8 Å². The lowest BCUT2D eigenvalue weighted by molar-refractivity contribution is -0.142. The third kappa shape index (κ3) is 4.08. The Hall–Kier alpha value is -1.38. The SMILES string of the molecule is CC[C@H](C)[C@H](N)C(=O)N1CCCN1C(=O)Nc1cscn1.Cl. The van der Waals surface area contributed by atoms with E-state index in [0.29, 0.717) is 18.9 Å². The van der Waals surface area contributed by atoms with Crippen molar-refractivity contribution in [3.8, 4) is 0 Å². The van der Waals surface area contributed by atoms with Gasteiger partial charge in [-0.05, 0) is 12.3 Å². The number of rotatable bonds is 4. The maximum Gasteiger partial charge on any atom is 0.341 e. The second-order valence-electron chi connectivity index (χ2n) is 5.15. The Bertz CT molecular complexity index is 499. The molecule has 2 heterocycles. The van der Waals surface area contributed by atoms with E-state index in [1.165, 1.54) is 21.4 Å². The minimum atomic E-state index is -0.581. The fraction of sp³-hybridized carbons (Fsp3) is 0.615. The molecule has 22 heavy (non-hydrogen) atoms. The molecule has 1 aromatic heterocycles. The molecule has 0 saturated carbocycles. The molecule has 0 spiro atoms. The number of nitrogens with two attached hydrogens (primary N) is 1. The largest absolute Gasteiger partial charge is 0.341 e. The van der Waals surface area contributed by atoms with Gasteiger partial charge < -0.3 is 5.73 Å². The second kappa shape index (κ2) is 8.30. The van der Waals surface area contributed by atoms with Crippen LogP contribution in [0, 0.1) is 5.92 Å². The van der Waals surface area contributed by atoms with Crippen molar-refractivity contribution in [2.24, 2.45) is 11.7 Å². The average molecular weight is 348 g/mol. The summed E-state index contributed by atoms with van der Waals surface area (Å²) in [5, 5.41) is 7.30. The van der Waals surface area contributed by atoms with Crippen molar-refractivity contribution in [2.45, 2.75) is 32.7 Å². The van der Waals surface area contributed by atoms with Crippen molar-refractivity contribution in [3.05, 3.63) is 10.9 Å². The fourth-order valence-corrected chi connectivity index (χ4v) is 2.65. The van der Waals surface area contributed by atoms with Gasteiger partial charge in [-0.3, -0.25) is 10.1 Å². The highest BCUT2D eigenvalue weighted by molar-refractivity contribution is 7.07. The van der Waals surface area contributed by atoms with Gasteiger partial charge in [-0.1, -0.05) is 20.3 Å². The van der Waals surface area contributed by atoms with Crippen LogP contribution in [0.5, 0.6) is 0 Å². The molecule has 0 radical (unpaired) electrons. The molecule has 1 aliphatic rings. The van der Waals surface area contributed by atoms with Crippen LogP contribution in [0.15, 0.2) is 10.9 Å². The predicted octanol–water partition coefficient (Wildman–Crippen LogP) is 1.92. The summed E-state index contributed by atoms with van der Waals surface area (Å²) in [7, 11) is 0. The first-order valence-corrected chi connectivity index (χ1v) is 8.02. The van der Waals surface area contributed by atoms with E-state index in [2.05, 4.69) is 10.3 Å². The van der Waals surface area contributed by atoms with E-state index in [1.54, 1.807) is 10.9 Å². The Balaban J connectivity index is 0.00000242. The number of hydrogen-bond donors (Lipinski definition) is 2. The summed E-state index contributed by atoms with van der Waals surface area (Å²) in [4.78, 5) is 28.7. The molecule has 1 aliphatic heterocycles. The van der Waals surface area contributed by atoms with Crippen LogP contribution >= 0.6 is 23.7 Å². The Morgan fingerprint density at radius 1 is 1.45 bits per heavy atom. The monoisotopic (exact) mass is 347 g/mol. The first-order chi connectivity index (χ1) is 10.0. The van der Waals surface area contributed by atoms with Crippen LogP contribution < -0.4 is 11.1 Å². The quantitative estimate of drug-likeness (QED) is 0.870. The zero-order valence-corrected chi connectivity index (χ0v) is 14.3. The van der Waals surface area contributed by atoms with E-state index >= 15 is 0 Å². The number of urea groups is 1. The van der Waals surface area contributed by atoms with Crippen molar-refractivity contribution >= 4 is 41.5 Å². The van der Waals surface area contributed by atoms with Gasteiger partial charge in [0.05, 0.1) is 11.6 Å². The van der Waals surface area contributed by atoms with Gasteiger partial charge in [0.2, 0.25) is 0 Å². The van der Waals surface area contributed by atoms with Crippen LogP contribution in [0.25, 0.3) is 0 Å². The topological polar surface area (TPSA) is 91.6 Å². The summed E-state index contributed by atoms with van der Waals surface area (Å²) in [5.41, 5.74) is 7.63. The number of amides is 3. The number of carbonyl (C=O) groups is 2. The van der Waals surface area contributed by atoms with E-state index in [9.17, 15) is 9.59 Å². The maximum absolute atomic E-state index is 12.4. The number of carbonyl (C=O) groups excluding carboxylic acids is 2. The fourth-order valence-electron chi connectivity index (χ4n) is 2.17. The molecule has 9 heteroatoms. The third-order valence-electron chi connectivity index (χ3n) is 3.73. The molecule has 3 N–H and O–H groups in total. The lowest BCUT2D eigenvalue weighted by Crippen LogP contribution is -2.53. The molecular formula is C13H22ClN5O2S. The first kappa shape index (κ1) is 18.7. The highest BCUT2D eigenvalue weighted by Gasteiger charge is 2.34. The predicted molar refractivity (Wildman–Crippen MR) is 88.8 cm³/mol. The van der Waals surface area contributed by atoms with Crippen LogP contribution in [0.4, 0.5) is 10.6 Å². The number of nitrogens with one attached hydrogen (secondary N) is 1. The van der Waals surface area contributed by atoms with Gasteiger partial charge in [0.15, 0.2) is 0 Å². The number of aromatic nitrogens is 1. The van der Waals surface area contributed by atoms with Crippen molar-refractivity contribution in [1.29, 1.82) is 0 Å². The highest BCUT2D eigenvalue weighted by Crippen LogP contribution is 2.17. The van der Waals surface area contributed by atoms with Crippen molar-refractivity contribution in [2.75, 3.05) is 18.4 Å². The molecule has 0 aromatic carbocycles. The zero-order valence-electron chi connectivity index (χ0n) is 12.7. The summed E-state index contributed by atoms with van der Waals surface area (Å²) in [5.74, 6) is 0.382. The van der Waals surface area contributed by atoms with E-state index < -0.39 is 6.04 Å². The van der Waals surface area contributed by atoms with Crippen LogP contribution in [-0.4, -0.2) is 46.1 Å². The van der Waals surface area contributed by atoms with E-state index in [4.69, 9.17) is 5.73 Å². The van der Waals surface area contributed by atoms with Gasteiger partial charge >= 0.3 is 6.03 Å². The molecule has 2 atom stereocenters. The zero-order chi connectivity index (χ0) is 15.4. The molecule has 7 nitrogen and oxygen atoms in total. The molecule has 1 saturated heterocycles. The summed E-state index contributed by atoms with van der Waals surface area (Å²) in [6.07, 6.45) is 1.58. The van der Waals surface area contributed by atoms with Crippen molar-refractivity contribution in [1.82, 2.24) is 15.0 Å². The minimum Gasteiger partial charge on any atom is -0.320 e. The van der Waals surface area contributed by atoms with E-state index in [0.717, 1.165) is 12.8 Å². The number of anilines is 1. The van der Waals surface area contributed by atoms with Crippen LogP contribution in [0.2, 0.25) is 0 Å². The van der Waals surface area contributed by atoms with Crippen LogP contribution in [0.3, 0.4) is 0 Å². The Labute approximate surface area is 140 Å². The Morgan fingerprint density at radius 2 is 2.14 bits per heavy atom. The minimum absolute atomic E-state index is 0. The van der Waals surface area contributed by atoms with Gasteiger partial charge in [-0.15, -0.1) is 23.7 Å². The molecule has 0 unspecified atom stereocenters. The van der Waals surface area contributed by atoms with Crippen molar-refractivity contribution < 1.29 is 9.59 Å². The molecule has 3 amide bonds. The number of hydrazine groups is 1. The van der Waals surface area contributed by atoms with Gasteiger partial charge in [0, 0.05) is 18.5 Å². The Morgan fingerprint density at radius 3 is 2.73 bits per heavy atom. The molecule has 0 bridgehead atoms. The van der Waals surface area contributed by atoms with E-state index in [-0.39, 0.29) is 30.3 Å². The van der Waals surface area contributed by atoms with Gasteiger partial charge in [-0.2, -0.15) is 0 Å². The number of thiazole rings is 1. The number of halogens is 1. The molecular weight excluding hydrogens is 326 g/mol. The van der Waals surface area contributed by atoms with Crippen LogP contribution in [0.1, 0.15) is 26.7 Å². The molecule has 0 aliphatic carbocycles. The van der Waals surface area contributed by atoms with Gasteiger partial charge in [-0.25, -0.2) is 19.8 Å². The summed E-state index contributed by atoms with van der Waals surface area (Å²) >= 11 is 1.40. The summed E-state index contributed by atoms with van der Waals surface area (Å²) in [6, 6.07) is -0.925. The maximum atomic E-state index is 12.4. The standard InChI is InChI=1S/C13H21N5O2S.ClH/c1-3-9(2)11(14)12(19)17-5-4-6-18(17)13(20)16-10-7-21-8-15-10;/h7-9,11H,3-6,14H2,1-2H3,(H,16,20);1H/t9-,11-;/m0./s1. The number of nitrogens with zero attached hydrogens (tertiary/aromatic N) is 3.